The largest absolute Gasteiger partial charge is 0.497 e. The molecule has 24 heavy (non-hydrogen) atoms. The van der Waals surface area contributed by atoms with Crippen LogP contribution in [0, 0.1) is 18.3 Å². The Balaban J connectivity index is 1.90. The van der Waals surface area contributed by atoms with Crippen molar-refractivity contribution >= 4 is 0 Å². The standard InChI is InChI=1S/C19H18N4O/c1-14-5-3-4-6-16(14)13-23-19(18(12-20)21-22-23)11-15-7-9-17(24-2)10-8-15/h3-10H,11,13H2,1-2H3. The fraction of sp³-hybridized carbons (Fsp3) is 0.211. The number of rotatable bonds is 5. The molecule has 0 aliphatic heterocycles. The molecule has 0 atom stereocenters. The van der Waals surface area contributed by atoms with Crippen molar-refractivity contribution in [2.75, 3.05) is 7.11 Å². The van der Waals surface area contributed by atoms with Gasteiger partial charge in [-0.1, -0.05) is 41.6 Å². The van der Waals surface area contributed by atoms with Crippen LogP contribution in [-0.4, -0.2) is 22.1 Å². The van der Waals surface area contributed by atoms with E-state index in [1.807, 2.05) is 41.1 Å². The second-order valence-electron chi connectivity index (χ2n) is 5.61. The maximum Gasteiger partial charge on any atom is 0.186 e. The fourth-order valence-corrected chi connectivity index (χ4v) is 2.61. The highest BCUT2D eigenvalue weighted by molar-refractivity contribution is 5.34. The number of nitrogens with zero attached hydrogens (tertiary/aromatic N) is 4. The second-order valence-corrected chi connectivity index (χ2v) is 5.61. The van der Waals surface area contributed by atoms with Crippen molar-refractivity contribution in [2.45, 2.75) is 19.9 Å². The van der Waals surface area contributed by atoms with Gasteiger partial charge in [0.2, 0.25) is 0 Å². The van der Waals surface area contributed by atoms with Gasteiger partial charge in [-0.2, -0.15) is 5.26 Å². The fourth-order valence-electron chi connectivity index (χ4n) is 2.61. The van der Waals surface area contributed by atoms with E-state index < -0.39 is 0 Å². The van der Waals surface area contributed by atoms with Crippen molar-refractivity contribution in [1.82, 2.24) is 15.0 Å². The van der Waals surface area contributed by atoms with Crippen LogP contribution in [0.1, 0.15) is 28.1 Å². The van der Waals surface area contributed by atoms with Gasteiger partial charge in [-0.25, -0.2) is 4.68 Å². The van der Waals surface area contributed by atoms with Crippen LogP contribution in [-0.2, 0) is 13.0 Å². The summed E-state index contributed by atoms with van der Waals surface area (Å²) in [7, 11) is 1.64. The quantitative estimate of drug-likeness (QED) is 0.725. The van der Waals surface area contributed by atoms with Crippen molar-refractivity contribution < 1.29 is 4.74 Å². The molecule has 0 saturated heterocycles. The lowest BCUT2D eigenvalue weighted by Crippen LogP contribution is -2.09. The molecule has 1 heterocycles. The zero-order valence-electron chi connectivity index (χ0n) is 13.7. The van der Waals surface area contributed by atoms with Crippen LogP contribution in [0.4, 0.5) is 0 Å². The van der Waals surface area contributed by atoms with Crippen molar-refractivity contribution in [2.24, 2.45) is 0 Å². The van der Waals surface area contributed by atoms with E-state index in [-0.39, 0.29) is 0 Å². The minimum Gasteiger partial charge on any atom is -0.497 e. The molecule has 0 N–H and O–H groups in total. The minimum atomic E-state index is 0.374. The van der Waals surface area contributed by atoms with E-state index in [1.54, 1.807) is 7.11 Å². The first-order valence-corrected chi connectivity index (χ1v) is 7.71. The number of benzene rings is 2. The van der Waals surface area contributed by atoms with Crippen molar-refractivity contribution in [3.63, 3.8) is 0 Å². The number of methoxy groups -OCH3 is 1. The molecule has 0 aliphatic carbocycles. The third-order valence-electron chi connectivity index (χ3n) is 4.06. The molecule has 0 fully saturated rings. The molecule has 0 saturated carbocycles. The lowest BCUT2D eigenvalue weighted by atomic mass is 10.1. The first kappa shape index (κ1) is 15.8. The zero-order valence-corrected chi connectivity index (χ0v) is 13.7. The van der Waals surface area contributed by atoms with Crippen LogP contribution in [0.5, 0.6) is 5.75 Å². The van der Waals surface area contributed by atoms with Gasteiger partial charge >= 0.3 is 0 Å². The van der Waals surface area contributed by atoms with Crippen LogP contribution in [0.3, 0.4) is 0 Å². The van der Waals surface area contributed by atoms with Gasteiger partial charge in [0.25, 0.3) is 0 Å². The average Bonchev–Trinajstić information content (AvgIpc) is 2.99. The monoisotopic (exact) mass is 318 g/mol. The van der Waals surface area contributed by atoms with E-state index in [9.17, 15) is 5.26 Å². The SMILES string of the molecule is COc1ccc(Cc2c(C#N)nnn2Cc2ccccc2C)cc1. The molecule has 5 nitrogen and oxygen atoms in total. The maximum atomic E-state index is 9.33. The second kappa shape index (κ2) is 6.97. The predicted octanol–water partition coefficient (Wildman–Crippen LogP) is 3.11. The normalized spacial score (nSPS) is 10.4. The van der Waals surface area contributed by atoms with Gasteiger partial charge in [0.1, 0.15) is 11.8 Å². The lowest BCUT2D eigenvalue weighted by molar-refractivity contribution is 0.414. The Morgan fingerprint density at radius 2 is 1.88 bits per heavy atom. The van der Waals surface area contributed by atoms with Crippen LogP contribution in [0.2, 0.25) is 0 Å². The Labute approximate surface area is 141 Å². The summed E-state index contributed by atoms with van der Waals surface area (Å²) in [4.78, 5) is 0. The van der Waals surface area contributed by atoms with Crippen LogP contribution in [0.25, 0.3) is 0 Å². The van der Waals surface area contributed by atoms with E-state index in [2.05, 4.69) is 35.4 Å². The zero-order chi connectivity index (χ0) is 16.9. The summed E-state index contributed by atoms with van der Waals surface area (Å²) in [6, 6.07) is 18.1. The summed E-state index contributed by atoms with van der Waals surface area (Å²) in [5, 5.41) is 17.5. The summed E-state index contributed by atoms with van der Waals surface area (Å²) < 4.78 is 6.99. The molecule has 0 bridgehead atoms. The van der Waals surface area contributed by atoms with E-state index >= 15 is 0 Å². The highest BCUT2D eigenvalue weighted by Gasteiger charge is 2.14. The van der Waals surface area contributed by atoms with Gasteiger partial charge in [-0.05, 0) is 35.7 Å². The number of aryl methyl sites for hydroxylation is 1. The van der Waals surface area contributed by atoms with Crippen molar-refractivity contribution in [1.29, 1.82) is 5.26 Å². The maximum absolute atomic E-state index is 9.33. The third-order valence-corrected chi connectivity index (χ3v) is 4.06. The van der Waals surface area contributed by atoms with Gasteiger partial charge in [-0.3, -0.25) is 0 Å². The molecular weight excluding hydrogens is 300 g/mol. The van der Waals surface area contributed by atoms with E-state index in [1.165, 1.54) is 11.1 Å². The summed E-state index contributed by atoms with van der Waals surface area (Å²) in [5.41, 5.74) is 4.65. The molecular formula is C19H18N4O. The topological polar surface area (TPSA) is 63.7 Å². The highest BCUT2D eigenvalue weighted by Crippen LogP contribution is 2.18. The molecule has 5 heteroatoms. The number of ether oxygens (including phenoxy) is 1. The van der Waals surface area contributed by atoms with E-state index in [0.29, 0.717) is 18.7 Å². The Kier molecular flexibility index (Phi) is 4.57. The highest BCUT2D eigenvalue weighted by atomic mass is 16.5. The van der Waals surface area contributed by atoms with Crippen molar-refractivity contribution in [3.05, 3.63) is 76.6 Å². The van der Waals surface area contributed by atoms with Gasteiger partial charge in [0, 0.05) is 6.42 Å². The van der Waals surface area contributed by atoms with Gasteiger partial charge in [0.15, 0.2) is 5.69 Å². The Morgan fingerprint density at radius 1 is 1.12 bits per heavy atom. The number of nitriles is 1. The average molecular weight is 318 g/mol. The van der Waals surface area contributed by atoms with Gasteiger partial charge in [-0.15, -0.1) is 5.10 Å². The van der Waals surface area contributed by atoms with Crippen LogP contribution >= 0.6 is 0 Å². The molecule has 3 aromatic rings. The summed E-state index contributed by atoms with van der Waals surface area (Å²) >= 11 is 0. The third kappa shape index (κ3) is 3.28. The van der Waals surface area contributed by atoms with Crippen LogP contribution in [0.15, 0.2) is 48.5 Å². The molecule has 2 aromatic carbocycles. The lowest BCUT2D eigenvalue weighted by Gasteiger charge is -2.09. The molecule has 1 aromatic heterocycles. The first-order valence-electron chi connectivity index (χ1n) is 7.71. The van der Waals surface area contributed by atoms with E-state index in [4.69, 9.17) is 4.74 Å². The minimum absolute atomic E-state index is 0.374. The Morgan fingerprint density at radius 3 is 2.54 bits per heavy atom. The van der Waals surface area contributed by atoms with Gasteiger partial charge in [0.05, 0.1) is 19.3 Å². The Bertz CT molecular complexity index is 875. The van der Waals surface area contributed by atoms with Crippen molar-refractivity contribution in [3.8, 4) is 11.8 Å². The summed E-state index contributed by atoms with van der Waals surface area (Å²) in [5.74, 6) is 0.811. The number of hydrogen-bond donors (Lipinski definition) is 0. The first-order chi connectivity index (χ1) is 11.7. The molecule has 0 radical (unpaired) electrons. The molecule has 0 spiro atoms. The molecule has 3 rings (SSSR count). The number of aromatic nitrogens is 3. The molecule has 120 valence electrons. The van der Waals surface area contributed by atoms with E-state index in [0.717, 1.165) is 17.0 Å². The van der Waals surface area contributed by atoms with Gasteiger partial charge < -0.3 is 4.74 Å². The van der Waals surface area contributed by atoms with Crippen LogP contribution < -0.4 is 4.74 Å². The molecule has 0 amide bonds. The molecule has 0 unspecified atom stereocenters. The summed E-state index contributed by atoms with van der Waals surface area (Å²) in [6.07, 6.45) is 0.603. The predicted molar refractivity (Wildman–Crippen MR) is 90.8 cm³/mol. The molecule has 0 aliphatic rings. The Hall–Kier alpha value is -3.13. The smallest absolute Gasteiger partial charge is 0.186 e. The summed E-state index contributed by atoms with van der Waals surface area (Å²) in [6.45, 7) is 2.67. The number of hydrogen-bond acceptors (Lipinski definition) is 4.